The Hall–Kier alpha value is -4.13. The van der Waals surface area contributed by atoms with Crippen molar-refractivity contribution in [2.24, 2.45) is 7.05 Å². The fraction of sp³-hybridized carbons (Fsp3) is 0.125. The van der Waals surface area contributed by atoms with Crippen LogP contribution in [0.4, 0.5) is 0 Å². The number of imidazole rings is 1. The molecule has 0 saturated carbocycles. The molecule has 156 valence electrons. The molecule has 0 saturated heterocycles. The first-order valence-corrected chi connectivity index (χ1v) is 9.80. The van der Waals surface area contributed by atoms with E-state index in [0.717, 1.165) is 11.1 Å². The first kappa shape index (κ1) is 20.2. The number of rotatable bonds is 6. The van der Waals surface area contributed by atoms with Crippen LogP contribution < -0.4 is 15.7 Å². The Balaban J connectivity index is 1.44. The minimum atomic E-state index is -0.597. The molecule has 7 nitrogen and oxygen atoms in total. The molecule has 3 aromatic carbocycles. The van der Waals surface area contributed by atoms with E-state index in [1.54, 1.807) is 37.4 Å². The Morgan fingerprint density at radius 3 is 2.39 bits per heavy atom. The van der Waals surface area contributed by atoms with Gasteiger partial charge in [0.05, 0.1) is 11.0 Å². The van der Waals surface area contributed by atoms with Crippen LogP contribution in [-0.4, -0.2) is 21.0 Å². The molecule has 1 heterocycles. The number of benzene rings is 3. The van der Waals surface area contributed by atoms with Gasteiger partial charge in [-0.05, 0) is 35.9 Å². The number of hydrogen-bond acceptors (Lipinski definition) is 4. The molecule has 31 heavy (non-hydrogen) atoms. The molecule has 0 fully saturated rings. The lowest BCUT2D eigenvalue weighted by molar-refractivity contribution is -0.135. The van der Waals surface area contributed by atoms with Gasteiger partial charge in [-0.25, -0.2) is 9.59 Å². The number of aromatic nitrogens is 2. The zero-order chi connectivity index (χ0) is 21.8. The molecule has 0 unspecified atom stereocenters. The molecule has 0 atom stereocenters. The highest BCUT2D eigenvalue weighted by Crippen LogP contribution is 2.15. The zero-order valence-corrected chi connectivity index (χ0v) is 16.9. The van der Waals surface area contributed by atoms with E-state index in [1.807, 2.05) is 42.5 Å². The Morgan fingerprint density at radius 2 is 1.61 bits per heavy atom. The largest absolute Gasteiger partial charge is 0.425 e. The summed E-state index contributed by atoms with van der Waals surface area (Å²) < 4.78 is 8.25. The summed E-state index contributed by atoms with van der Waals surface area (Å²) >= 11 is 0. The van der Waals surface area contributed by atoms with Crippen molar-refractivity contribution in [3.05, 3.63) is 100 Å². The summed E-state index contributed by atoms with van der Waals surface area (Å²) in [6.07, 6.45) is 0. The van der Waals surface area contributed by atoms with Gasteiger partial charge >= 0.3 is 11.7 Å². The molecule has 1 amide bonds. The Bertz CT molecular complexity index is 1310. The number of esters is 1. The van der Waals surface area contributed by atoms with E-state index in [9.17, 15) is 14.4 Å². The summed E-state index contributed by atoms with van der Waals surface area (Å²) in [5.41, 5.74) is 2.45. The first-order valence-electron chi connectivity index (χ1n) is 9.80. The van der Waals surface area contributed by atoms with Gasteiger partial charge in [-0.15, -0.1) is 0 Å². The number of carbonyl (C=O) groups excluding carboxylic acids is 2. The van der Waals surface area contributed by atoms with Gasteiger partial charge in [0.15, 0.2) is 0 Å². The molecule has 0 aliphatic rings. The molecule has 0 bridgehead atoms. The van der Waals surface area contributed by atoms with Crippen LogP contribution in [0, 0.1) is 0 Å². The number of carbonyl (C=O) groups is 2. The molecule has 1 aromatic heterocycles. The SMILES string of the molecule is Cn1c(=O)n(CC(=O)Oc2cccc(C(=O)NCc3ccccc3)c2)c2ccccc21. The Labute approximate surface area is 178 Å². The third kappa shape index (κ3) is 4.40. The summed E-state index contributed by atoms with van der Waals surface area (Å²) in [5.74, 6) is -0.627. The van der Waals surface area contributed by atoms with E-state index in [4.69, 9.17) is 4.74 Å². The summed E-state index contributed by atoms with van der Waals surface area (Å²) in [6.45, 7) is 0.165. The third-order valence-electron chi connectivity index (χ3n) is 4.96. The standard InChI is InChI=1S/C24H21N3O4/c1-26-20-12-5-6-13-21(20)27(24(26)30)16-22(28)31-19-11-7-10-18(14-19)23(29)25-15-17-8-3-2-4-9-17/h2-14H,15-16H2,1H3,(H,25,29). The van der Waals surface area contributed by atoms with Gasteiger partial charge in [0, 0.05) is 19.2 Å². The van der Waals surface area contributed by atoms with Crippen LogP contribution in [0.25, 0.3) is 11.0 Å². The molecular formula is C24H21N3O4. The van der Waals surface area contributed by atoms with E-state index in [1.165, 1.54) is 15.2 Å². The third-order valence-corrected chi connectivity index (χ3v) is 4.96. The molecule has 0 aliphatic carbocycles. The molecule has 0 aliphatic heterocycles. The van der Waals surface area contributed by atoms with Crippen molar-refractivity contribution in [3.63, 3.8) is 0 Å². The van der Waals surface area contributed by atoms with Crippen molar-refractivity contribution in [2.45, 2.75) is 13.1 Å². The van der Waals surface area contributed by atoms with Crippen molar-refractivity contribution in [1.29, 1.82) is 0 Å². The van der Waals surface area contributed by atoms with E-state index < -0.39 is 5.97 Å². The topological polar surface area (TPSA) is 82.3 Å². The number of fused-ring (bicyclic) bond motifs is 1. The van der Waals surface area contributed by atoms with Gasteiger partial charge in [0.2, 0.25) is 0 Å². The maximum absolute atomic E-state index is 12.5. The molecule has 0 spiro atoms. The average Bonchev–Trinajstić information content (AvgIpc) is 3.03. The maximum Gasteiger partial charge on any atom is 0.331 e. The number of nitrogens with one attached hydrogen (secondary N) is 1. The highest BCUT2D eigenvalue weighted by Gasteiger charge is 2.15. The molecule has 4 rings (SSSR count). The zero-order valence-electron chi connectivity index (χ0n) is 16.9. The average molecular weight is 415 g/mol. The van der Waals surface area contributed by atoms with Crippen LogP contribution in [0.15, 0.2) is 83.7 Å². The Kier molecular flexibility index (Phi) is 5.66. The minimum Gasteiger partial charge on any atom is -0.425 e. The van der Waals surface area contributed by atoms with E-state index in [-0.39, 0.29) is 23.9 Å². The van der Waals surface area contributed by atoms with Crippen molar-refractivity contribution < 1.29 is 14.3 Å². The fourth-order valence-corrected chi connectivity index (χ4v) is 3.39. The smallest absolute Gasteiger partial charge is 0.331 e. The summed E-state index contributed by atoms with van der Waals surface area (Å²) in [6, 6.07) is 23.2. The normalized spacial score (nSPS) is 10.7. The fourth-order valence-electron chi connectivity index (χ4n) is 3.39. The second-order valence-electron chi connectivity index (χ2n) is 7.09. The maximum atomic E-state index is 12.5. The summed E-state index contributed by atoms with van der Waals surface area (Å²) in [7, 11) is 1.66. The lowest BCUT2D eigenvalue weighted by atomic mass is 10.2. The van der Waals surface area contributed by atoms with Crippen molar-refractivity contribution in [3.8, 4) is 5.75 Å². The molecule has 1 N–H and O–H groups in total. The van der Waals surface area contributed by atoms with Gasteiger partial charge in [-0.3, -0.25) is 13.9 Å². The van der Waals surface area contributed by atoms with E-state index in [0.29, 0.717) is 17.6 Å². The van der Waals surface area contributed by atoms with Gasteiger partial charge in [-0.1, -0.05) is 48.5 Å². The highest BCUT2D eigenvalue weighted by atomic mass is 16.5. The highest BCUT2D eigenvalue weighted by molar-refractivity contribution is 5.94. The number of hydrogen-bond donors (Lipinski definition) is 1. The number of aryl methyl sites for hydroxylation is 1. The van der Waals surface area contributed by atoms with Gasteiger partial charge < -0.3 is 10.1 Å². The number of ether oxygens (including phenoxy) is 1. The quantitative estimate of drug-likeness (QED) is 0.388. The van der Waals surface area contributed by atoms with Crippen molar-refractivity contribution in [2.75, 3.05) is 0 Å². The van der Waals surface area contributed by atoms with Crippen molar-refractivity contribution >= 4 is 22.9 Å². The van der Waals surface area contributed by atoms with E-state index >= 15 is 0 Å². The van der Waals surface area contributed by atoms with Crippen LogP contribution in [0.2, 0.25) is 0 Å². The minimum absolute atomic E-state index is 0.232. The van der Waals surface area contributed by atoms with Crippen molar-refractivity contribution in [1.82, 2.24) is 14.5 Å². The molecule has 0 radical (unpaired) electrons. The predicted octanol–water partition coefficient (Wildman–Crippen LogP) is 2.88. The number of para-hydroxylation sites is 2. The number of amides is 1. The predicted molar refractivity (Wildman–Crippen MR) is 117 cm³/mol. The molecule has 4 aromatic rings. The summed E-state index contributed by atoms with van der Waals surface area (Å²) in [4.78, 5) is 37.4. The van der Waals surface area contributed by atoms with Crippen LogP contribution in [0.1, 0.15) is 15.9 Å². The second-order valence-corrected chi connectivity index (χ2v) is 7.09. The Morgan fingerprint density at radius 1 is 0.903 bits per heavy atom. The lowest BCUT2D eigenvalue weighted by Gasteiger charge is -2.08. The first-order chi connectivity index (χ1) is 15.0. The number of nitrogens with zero attached hydrogens (tertiary/aromatic N) is 2. The molecular weight excluding hydrogens is 394 g/mol. The van der Waals surface area contributed by atoms with Crippen LogP contribution in [0.5, 0.6) is 5.75 Å². The lowest BCUT2D eigenvalue weighted by Crippen LogP contribution is -2.27. The van der Waals surface area contributed by atoms with E-state index in [2.05, 4.69) is 5.32 Å². The van der Waals surface area contributed by atoms with Gasteiger partial charge in [0.1, 0.15) is 12.3 Å². The van der Waals surface area contributed by atoms with Crippen LogP contribution >= 0.6 is 0 Å². The van der Waals surface area contributed by atoms with Gasteiger partial charge in [-0.2, -0.15) is 0 Å². The summed E-state index contributed by atoms with van der Waals surface area (Å²) in [5, 5.41) is 2.84. The van der Waals surface area contributed by atoms with Crippen LogP contribution in [0.3, 0.4) is 0 Å². The monoisotopic (exact) mass is 415 g/mol. The van der Waals surface area contributed by atoms with Crippen LogP contribution in [-0.2, 0) is 24.9 Å². The van der Waals surface area contributed by atoms with Gasteiger partial charge in [0.25, 0.3) is 5.91 Å². The molecule has 7 heteroatoms. The second kappa shape index (κ2) is 8.71.